The van der Waals surface area contributed by atoms with Gasteiger partial charge in [-0.15, -0.1) is 0 Å². The van der Waals surface area contributed by atoms with Crippen LogP contribution in [-0.2, 0) is 16.6 Å². The minimum absolute atomic E-state index is 0.0982. The predicted molar refractivity (Wildman–Crippen MR) is 80.1 cm³/mol. The Balaban J connectivity index is 3.15. The lowest BCUT2D eigenvalue weighted by Gasteiger charge is -2.21. The van der Waals surface area contributed by atoms with E-state index in [-0.39, 0.29) is 16.9 Å². The van der Waals surface area contributed by atoms with E-state index in [9.17, 15) is 8.42 Å². The third kappa shape index (κ3) is 3.94. The Hall–Kier alpha value is -1.11. The molecule has 0 radical (unpaired) electrons. The summed E-state index contributed by atoms with van der Waals surface area (Å²) in [7, 11) is -2.15. The molecule has 5 nitrogen and oxygen atoms in total. The maximum Gasteiger partial charge on any atom is 0.244 e. The second-order valence-corrected chi connectivity index (χ2v) is 6.75. The standard InChI is InChI=1S/C14H24N2O3S/c1-5-12(10(2)3)16-20(17,18)14-7-6-11(9-15)8-13(14)19-4/h6-8,10,12,16H,5,9,15H2,1-4H3. The fourth-order valence-electron chi connectivity index (χ4n) is 2.01. The van der Waals surface area contributed by atoms with Crippen LogP contribution in [0.4, 0.5) is 0 Å². The summed E-state index contributed by atoms with van der Waals surface area (Å²) in [5.41, 5.74) is 6.38. The molecule has 20 heavy (non-hydrogen) atoms. The molecule has 1 aromatic rings. The third-order valence-electron chi connectivity index (χ3n) is 3.30. The predicted octanol–water partition coefficient (Wildman–Crippen LogP) is 1.87. The number of sulfonamides is 1. The summed E-state index contributed by atoms with van der Waals surface area (Å²) in [6, 6.07) is 4.80. The first kappa shape index (κ1) is 16.9. The normalized spacial score (nSPS) is 13.5. The molecular weight excluding hydrogens is 276 g/mol. The van der Waals surface area contributed by atoms with Crippen molar-refractivity contribution in [1.82, 2.24) is 4.72 Å². The Kier molecular flexibility index (Phi) is 5.98. The number of rotatable bonds is 7. The molecule has 0 aliphatic carbocycles. The number of nitrogens with two attached hydrogens (primary N) is 1. The molecule has 0 aliphatic heterocycles. The van der Waals surface area contributed by atoms with Gasteiger partial charge in [-0.25, -0.2) is 13.1 Å². The lowest BCUT2D eigenvalue weighted by molar-refractivity contribution is 0.399. The highest BCUT2D eigenvalue weighted by Gasteiger charge is 2.24. The number of methoxy groups -OCH3 is 1. The molecule has 0 aromatic heterocycles. The van der Waals surface area contributed by atoms with Crippen LogP contribution in [-0.4, -0.2) is 21.6 Å². The highest BCUT2D eigenvalue weighted by molar-refractivity contribution is 7.89. The van der Waals surface area contributed by atoms with Gasteiger partial charge in [-0.1, -0.05) is 26.8 Å². The second kappa shape index (κ2) is 7.06. The molecule has 0 saturated carbocycles. The minimum Gasteiger partial charge on any atom is -0.495 e. The summed E-state index contributed by atoms with van der Waals surface area (Å²) in [6.07, 6.45) is 0.736. The van der Waals surface area contributed by atoms with Crippen molar-refractivity contribution < 1.29 is 13.2 Å². The SMILES string of the molecule is CCC(NS(=O)(=O)c1ccc(CN)cc1OC)C(C)C. The van der Waals surface area contributed by atoms with Crippen LogP contribution in [0.5, 0.6) is 5.75 Å². The van der Waals surface area contributed by atoms with Crippen molar-refractivity contribution in [3.8, 4) is 5.75 Å². The average Bonchev–Trinajstić information content (AvgIpc) is 2.43. The molecule has 0 aliphatic rings. The topological polar surface area (TPSA) is 81.4 Å². The van der Waals surface area contributed by atoms with Gasteiger partial charge in [0.2, 0.25) is 10.0 Å². The molecule has 3 N–H and O–H groups in total. The molecule has 114 valence electrons. The van der Waals surface area contributed by atoms with Crippen LogP contribution >= 0.6 is 0 Å². The summed E-state index contributed by atoms with van der Waals surface area (Å²) >= 11 is 0. The summed E-state index contributed by atoms with van der Waals surface area (Å²) in [5.74, 6) is 0.545. The summed E-state index contributed by atoms with van der Waals surface area (Å²) in [5, 5.41) is 0. The van der Waals surface area contributed by atoms with Gasteiger partial charge in [0.25, 0.3) is 0 Å². The highest BCUT2D eigenvalue weighted by Crippen LogP contribution is 2.25. The molecule has 0 heterocycles. The molecule has 1 unspecified atom stereocenters. The van der Waals surface area contributed by atoms with Gasteiger partial charge in [-0.3, -0.25) is 0 Å². The van der Waals surface area contributed by atoms with Gasteiger partial charge >= 0.3 is 0 Å². The Morgan fingerprint density at radius 3 is 2.45 bits per heavy atom. The van der Waals surface area contributed by atoms with Gasteiger partial charge in [-0.2, -0.15) is 0 Å². The molecule has 0 spiro atoms. The maximum atomic E-state index is 12.5. The van der Waals surface area contributed by atoms with E-state index in [1.54, 1.807) is 12.1 Å². The van der Waals surface area contributed by atoms with Gasteiger partial charge in [0.15, 0.2) is 0 Å². The Labute approximate surface area is 121 Å². The molecule has 0 fully saturated rings. The van der Waals surface area contributed by atoms with Crippen LogP contribution in [0.2, 0.25) is 0 Å². The molecule has 0 amide bonds. The van der Waals surface area contributed by atoms with Crippen LogP contribution in [0.1, 0.15) is 32.8 Å². The Bertz CT molecular complexity index is 541. The van der Waals surface area contributed by atoms with E-state index in [0.29, 0.717) is 12.3 Å². The van der Waals surface area contributed by atoms with Crippen molar-refractivity contribution in [3.63, 3.8) is 0 Å². The molecule has 1 atom stereocenters. The zero-order chi connectivity index (χ0) is 15.3. The Morgan fingerprint density at radius 1 is 1.35 bits per heavy atom. The van der Waals surface area contributed by atoms with Crippen molar-refractivity contribution in [2.24, 2.45) is 11.7 Å². The van der Waals surface area contributed by atoms with E-state index in [0.717, 1.165) is 12.0 Å². The number of hydrogen-bond acceptors (Lipinski definition) is 4. The summed E-state index contributed by atoms with van der Waals surface area (Å²) in [4.78, 5) is 0.149. The van der Waals surface area contributed by atoms with Crippen molar-refractivity contribution in [1.29, 1.82) is 0 Å². The number of hydrogen-bond donors (Lipinski definition) is 2. The zero-order valence-corrected chi connectivity index (χ0v) is 13.3. The van der Waals surface area contributed by atoms with E-state index in [2.05, 4.69) is 4.72 Å². The monoisotopic (exact) mass is 300 g/mol. The van der Waals surface area contributed by atoms with E-state index in [1.807, 2.05) is 20.8 Å². The van der Waals surface area contributed by atoms with Gasteiger partial charge < -0.3 is 10.5 Å². The summed E-state index contributed by atoms with van der Waals surface area (Å²) < 4.78 is 32.8. The van der Waals surface area contributed by atoms with E-state index >= 15 is 0 Å². The molecule has 6 heteroatoms. The van der Waals surface area contributed by atoms with Gasteiger partial charge in [0.05, 0.1) is 7.11 Å². The second-order valence-electron chi connectivity index (χ2n) is 5.07. The van der Waals surface area contributed by atoms with Crippen molar-refractivity contribution in [3.05, 3.63) is 23.8 Å². The van der Waals surface area contributed by atoms with Gasteiger partial charge in [0, 0.05) is 12.6 Å². The maximum absolute atomic E-state index is 12.5. The summed E-state index contributed by atoms with van der Waals surface area (Å²) in [6.45, 7) is 6.28. The molecular formula is C14H24N2O3S. The van der Waals surface area contributed by atoms with Gasteiger partial charge in [-0.05, 0) is 30.0 Å². The van der Waals surface area contributed by atoms with E-state index < -0.39 is 10.0 Å². The van der Waals surface area contributed by atoms with E-state index in [4.69, 9.17) is 10.5 Å². The largest absolute Gasteiger partial charge is 0.495 e. The lowest BCUT2D eigenvalue weighted by atomic mass is 10.0. The molecule has 0 bridgehead atoms. The highest BCUT2D eigenvalue weighted by atomic mass is 32.2. The van der Waals surface area contributed by atoms with Crippen LogP contribution in [0, 0.1) is 5.92 Å². The van der Waals surface area contributed by atoms with Crippen LogP contribution < -0.4 is 15.2 Å². The lowest BCUT2D eigenvalue weighted by Crippen LogP contribution is -2.38. The fourth-order valence-corrected chi connectivity index (χ4v) is 3.63. The third-order valence-corrected chi connectivity index (χ3v) is 4.83. The minimum atomic E-state index is -3.60. The average molecular weight is 300 g/mol. The van der Waals surface area contributed by atoms with Gasteiger partial charge in [0.1, 0.15) is 10.6 Å². The molecule has 1 aromatic carbocycles. The van der Waals surface area contributed by atoms with Crippen LogP contribution in [0.15, 0.2) is 23.1 Å². The quantitative estimate of drug-likeness (QED) is 0.805. The number of benzene rings is 1. The number of ether oxygens (including phenoxy) is 1. The zero-order valence-electron chi connectivity index (χ0n) is 12.5. The van der Waals surface area contributed by atoms with Crippen LogP contribution in [0.25, 0.3) is 0 Å². The Morgan fingerprint density at radius 2 is 2.00 bits per heavy atom. The molecule has 0 saturated heterocycles. The van der Waals surface area contributed by atoms with Crippen molar-refractivity contribution in [2.75, 3.05) is 7.11 Å². The van der Waals surface area contributed by atoms with Crippen LogP contribution in [0.3, 0.4) is 0 Å². The first-order valence-corrected chi connectivity index (χ1v) is 8.23. The smallest absolute Gasteiger partial charge is 0.244 e. The molecule has 1 rings (SSSR count). The first-order chi connectivity index (χ1) is 9.35. The fraction of sp³-hybridized carbons (Fsp3) is 0.571. The van der Waals surface area contributed by atoms with E-state index in [1.165, 1.54) is 13.2 Å². The van der Waals surface area contributed by atoms with Crippen molar-refractivity contribution in [2.45, 2.75) is 44.7 Å². The first-order valence-electron chi connectivity index (χ1n) is 6.75. The number of nitrogens with one attached hydrogen (secondary N) is 1. The van der Waals surface area contributed by atoms with Crippen molar-refractivity contribution >= 4 is 10.0 Å².